The van der Waals surface area contributed by atoms with E-state index in [1.54, 1.807) is 0 Å². The Bertz CT molecular complexity index is 1270. The van der Waals surface area contributed by atoms with Gasteiger partial charge < -0.3 is 24.0 Å². The van der Waals surface area contributed by atoms with Gasteiger partial charge >= 0.3 is 6.18 Å². The van der Waals surface area contributed by atoms with Gasteiger partial charge in [0.1, 0.15) is 24.1 Å². The zero-order chi connectivity index (χ0) is 29.5. The third-order valence-corrected chi connectivity index (χ3v) is 12.6. The van der Waals surface area contributed by atoms with Gasteiger partial charge in [0.15, 0.2) is 11.5 Å². The number of benzene rings is 2. The van der Waals surface area contributed by atoms with Gasteiger partial charge in [-0.15, -0.1) is 0 Å². The average molecular weight is 588 g/mol. The van der Waals surface area contributed by atoms with Crippen LogP contribution in [0.4, 0.5) is 19.0 Å². The minimum absolute atomic E-state index is 0.195. The lowest BCUT2D eigenvalue weighted by molar-refractivity contribution is -0.156. The molecule has 2 fully saturated rings. The van der Waals surface area contributed by atoms with Crippen molar-refractivity contribution in [2.24, 2.45) is 0 Å². The van der Waals surface area contributed by atoms with E-state index < -0.39 is 50.3 Å². The molecule has 2 saturated heterocycles. The minimum atomic E-state index is -4.56. The first-order valence-corrected chi connectivity index (χ1v) is 15.6. The van der Waals surface area contributed by atoms with Crippen molar-refractivity contribution in [3.63, 3.8) is 0 Å². The summed E-state index contributed by atoms with van der Waals surface area (Å²) in [7, 11) is -2.81. The topological polar surface area (TPSA) is 74.7 Å². The number of aromatic nitrogens is 2. The van der Waals surface area contributed by atoms with Gasteiger partial charge in [-0.3, -0.25) is 0 Å². The summed E-state index contributed by atoms with van der Waals surface area (Å²) in [5.41, 5.74) is -1.05. The molecule has 41 heavy (non-hydrogen) atoms. The molecule has 0 aliphatic carbocycles. The molecule has 0 spiro atoms. The monoisotopic (exact) mass is 587 g/mol. The lowest BCUT2D eigenvalue weighted by atomic mass is 9.98. The van der Waals surface area contributed by atoms with Crippen LogP contribution in [-0.2, 0) is 24.8 Å². The van der Waals surface area contributed by atoms with Gasteiger partial charge in [-0.05, 0) is 29.3 Å². The Morgan fingerprint density at radius 3 is 2.00 bits per heavy atom. The van der Waals surface area contributed by atoms with Crippen LogP contribution in [0.15, 0.2) is 73.1 Å². The SMILES string of the molecule is CC1(C)O[C@@H]2[C@H](O1)[C@@H](Nc1cnc(C(F)(F)F)cn1)CO[C@@H]2CO[Si](c1ccccc1)(c1ccccc1)C(C)(C)C. The van der Waals surface area contributed by atoms with Gasteiger partial charge in [0, 0.05) is 0 Å². The van der Waals surface area contributed by atoms with E-state index in [1.807, 2.05) is 50.2 Å². The predicted molar refractivity (Wildman–Crippen MR) is 152 cm³/mol. The van der Waals surface area contributed by atoms with Crippen LogP contribution in [0.5, 0.6) is 0 Å². The van der Waals surface area contributed by atoms with Crippen LogP contribution in [0.1, 0.15) is 40.3 Å². The van der Waals surface area contributed by atoms with Gasteiger partial charge in [-0.2, -0.15) is 13.2 Å². The zero-order valence-electron chi connectivity index (χ0n) is 23.8. The number of halogens is 3. The fraction of sp³-hybridized carbons (Fsp3) is 0.467. The number of hydrogen-bond acceptors (Lipinski definition) is 7. The molecule has 2 aromatic carbocycles. The lowest BCUT2D eigenvalue weighted by Gasteiger charge is -2.45. The fourth-order valence-electron chi connectivity index (χ4n) is 5.81. The smallest absolute Gasteiger partial charge is 0.405 e. The maximum atomic E-state index is 12.9. The summed E-state index contributed by atoms with van der Waals surface area (Å²) in [6, 6.07) is 20.3. The van der Waals surface area contributed by atoms with Crippen molar-refractivity contribution in [1.82, 2.24) is 9.97 Å². The summed E-state index contributed by atoms with van der Waals surface area (Å²) in [4.78, 5) is 7.41. The molecule has 0 saturated carbocycles. The van der Waals surface area contributed by atoms with Gasteiger partial charge in [-0.1, -0.05) is 81.4 Å². The molecule has 2 aliphatic rings. The van der Waals surface area contributed by atoms with Crippen LogP contribution < -0.4 is 15.7 Å². The molecule has 0 bridgehead atoms. The third-order valence-electron chi connectivity index (χ3n) is 7.57. The molecule has 4 atom stereocenters. The number of rotatable bonds is 7. The minimum Gasteiger partial charge on any atom is -0.405 e. The normalized spacial score (nSPS) is 24.6. The molecule has 1 aromatic heterocycles. The number of fused-ring (bicyclic) bond motifs is 1. The first kappa shape index (κ1) is 29.7. The molecule has 3 aromatic rings. The van der Waals surface area contributed by atoms with Gasteiger partial charge in [0.25, 0.3) is 8.32 Å². The van der Waals surface area contributed by atoms with Crippen LogP contribution in [0.25, 0.3) is 0 Å². The van der Waals surface area contributed by atoms with Crippen molar-refractivity contribution in [3.8, 4) is 0 Å². The van der Waals surface area contributed by atoms with E-state index in [-0.39, 0.29) is 24.1 Å². The van der Waals surface area contributed by atoms with Crippen LogP contribution >= 0.6 is 0 Å². The summed E-state index contributed by atoms with van der Waals surface area (Å²) in [6.45, 7) is 10.8. The number of anilines is 1. The molecular formula is C30H36F3N3O4Si. The summed E-state index contributed by atoms with van der Waals surface area (Å²) in [5.74, 6) is -0.689. The number of nitrogens with zero attached hydrogens (tertiary/aromatic N) is 2. The van der Waals surface area contributed by atoms with Crippen LogP contribution in [0.2, 0.25) is 5.04 Å². The Balaban J connectivity index is 1.40. The summed E-state index contributed by atoms with van der Waals surface area (Å²) < 4.78 is 64.9. The molecule has 5 rings (SSSR count). The van der Waals surface area contributed by atoms with E-state index in [0.717, 1.165) is 16.6 Å². The number of nitrogens with one attached hydrogen (secondary N) is 1. The summed E-state index contributed by atoms with van der Waals surface area (Å²) in [6.07, 6.45) is -4.14. The number of hydrogen-bond donors (Lipinski definition) is 1. The van der Waals surface area contributed by atoms with Crippen molar-refractivity contribution in [3.05, 3.63) is 78.8 Å². The molecule has 0 amide bonds. The van der Waals surface area contributed by atoms with E-state index >= 15 is 0 Å². The third kappa shape index (κ3) is 6.05. The Morgan fingerprint density at radius 1 is 0.902 bits per heavy atom. The molecule has 1 N–H and O–H groups in total. The molecular weight excluding hydrogens is 551 g/mol. The Morgan fingerprint density at radius 2 is 1.49 bits per heavy atom. The summed E-state index contributed by atoms with van der Waals surface area (Å²) in [5, 5.41) is 5.25. The van der Waals surface area contributed by atoms with E-state index in [1.165, 1.54) is 0 Å². The van der Waals surface area contributed by atoms with Gasteiger partial charge in [-0.25, -0.2) is 9.97 Å². The van der Waals surface area contributed by atoms with E-state index in [2.05, 4.69) is 60.3 Å². The molecule has 3 heterocycles. The van der Waals surface area contributed by atoms with Crippen LogP contribution in [-0.4, -0.2) is 61.6 Å². The fourth-order valence-corrected chi connectivity index (χ4v) is 10.4. The van der Waals surface area contributed by atoms with E-state index in [4.69, 9.17) is 18.6 Å². The number of ether oxygens (including phenoxy) is 3. The molecule has 0 radical (unpaired) electrons. The van der Waals surface area contributed by atoms with E-state index in [9.17, 15) is 13.2 Å². The second-order valence-electron chi connectivity index (χ2n) is 11.9. The van der Waals surface area contributed by atoms with Crippen molar-refractivity contribution >= 4 is 24.5 Å². The lowest BCUT2D eigenvalue weighted by Crippen LogP contribution is -2.68. The predicted octanol–water partition coefficient (Wildman–Crippen LogP) is 4.77. The maximum Gasteiger partial charge on any atom is 0.434 e. The highest BCUT2D eigenvalue weighted by Gasteiger charge is 2.55. The van der Waals surface area contributed by atoms with Crippen molar-refractivity contribution in [2.45, 2.75) is 76.0 Å². The molecule has 2 aliphatic heterocycles. The first-order valence-electron chi connectivity index (χ1n) is 13.7. The Hall–Kier alpha value is -2.83. The molecule has 7 nitrogen and oxygen atoms in total. The first-order chi connectivity index (χ1) is 19.3. The standard InChI is InChI=1S/C30H36F3N3O4Si/c1-28(2,3)41(20-12-8-6-9-13-20,21-14-10-7-11-15-21)38-19-23-27-26(39-29(4,5)40-27)22(18-37-23)36-25-17-34-24(16-35-25)30(31,32)33/h6-17,22-23,26-27H,18-19H2,1-5H3,(H,35,36)/t22-,23+,26+,27-/m0/s1. The van der Waals surface area contributed by atoms with E-state index in [0.29, 0.717) is 6.20 Å². The molecule has 11 heteroatoms. The quantitative estimate of drug-likeness (QED) is 0.399. The molecule has 0 unspecified atom stereocenters. The van der Waals surface area contributed by atoms with Crippen molar-refractivity contribution < 1.29 is 31.8 Å². The Kier molecular flexibility index (Phi) is 8.03. The average Bonchev–Trinajstić information content (AvgIpc) is 3.26. The van der Waals surface area contributed by atoms with Crippen LogP contribution in [0, 0.1) is 0 Å². The Labute approximate surface area is 239 Å². The highest BCUT2D eigenvalue weighted by Crippen LogP contribution is 2.40. The maximum absolute atomic E-state index is 12.9. The van der Waals surface area contributed by atoms with Crippen LogP contribution in [0.3, 0.4) is 0 Å². The van der Waals surface area contributed by atoms with Gasteiger partial charge in [0.2, 0.25) is 0 Å². The second-order valence-corrected chi connectivity index (χ2v) is 16.3. The summed E-state index contributed by atoms with van der Waals surface area (Å²) >= 11 is 0. The largest absolute Gasteiger partial charge is 0.434 e. The number of alkyl halides is 3. The zero-order valence-corrected chi connectivity index (χ0v) is 24.8. The van der Waals surface area contributed by atoms with Gasteiger partial charge in [0.05, 0.1) is 31.6 Å². The van der Waals surface area contributed by atoms with Crippen molar-refractivity contribution in [1.29, 1.82) is 0 Å². The molecule has 220 valence electrons. The highest BCUT2D eigenvalue weighted by molar-refractivity contribution is 6.99. The highest BCUT2D eigenvalue weighted by atomic mass is 28.4. The van der Waals surface area contributed by atoms with Crippen molar-refractivity contribution in [2.75, 3.05) is 18.5 Å². The second kappa shape index (κ2) is 11.1.